The first-order chi connectivity index (χ1) is 12.2. The molecule has 0 bridgehead atoms. The van der Waals surface area contributed by atoms with Crippen LogP contribution < -0.4 is 0 Å². The molecule has 1 fully saturated rings. The fourth-order valence-electron chi connectivity index (χ4n) is 3.12. The third-order valence-corrected chi connectivity index (χ3v) is 5.38. The fraction of sp³-hybridized carbons (Fsp3) is 0.444. The Morgan fingerprint density at radius 3 is 2.52 bits per heavy atom. The van der Waals surface area contributed by atoms with Gasteiger partial charge in [0, 0.05) is 45.3 Å². The Morgan fingerprint density at radius 2 is 1.88 bits per heavy atom. The van der Waals surface area contributed by atoms with Crippen LogP contribution in [0.2, 0.25) is 0 Å². The molecule has 6 nitrogen and oxygen atoms in total. The quantitative estimate of drug-likeness (QED) is 0.697. The Balaban J connectivity index is 1.33. The van der Waals surface area contributed by atoms with E-state index < -0.39 is 0 Å². The van der Waals surface area contributed by atoms with Gasteiger partial charge in [-0.25, -0.2) is 4.98 Å². The number of oxazole rings is 1. The Hall–Kier alpha value is -1.96. The number of thiophene rings is 1. The second kappa shape index (κ2) is 7.11. The van der Waals surface area contributed by atoms with Gasteiger partial charge in [0.2, 0.25) is 5.89 Å². The Kier molecular flexibility index (Phi) is 4.70. The van der Waals surface area contributed by atoms with Crippen LogP contribution in [0.1, 0.15) is 22.9 Å². The van der Waals surface area contributed by atoms with E-state index in [4.69, 9.17) is 13.9 Å². The van der Waals surface area contributed by atoms with Crippen molar-refractivity contribution >= 4 is 11.3 Å². The molecule has 0 aromatic carbocycles. The maximum atomic E-state index is 5.85. The predicted molar refractivity (Wildman–Crippen MR) is 96.3 cm³/mol. The van der Waals surface area contributed by atoms with Gasteiger partial charge < -0.3 is 8.94 Å². The minimum atomic E-state index is 0.738. The van der Waals surface area contributed by atoms with Crippen molar-refractivity contribution in [3.63, 3.8) is 0 Å². The molecule has 1 aliphatic rings. The average molecular weight is 358 g/mol. The molecule has 0 radical (unpaired) electrons. The molecule has 3 aromatic heterocycles. The van der Waals surface area contributed by atoms with Gasteiger partial charge in [0.1, 0.15) is 11.5 Å². The van der Waals surface area contributed by atoms with Gasteiger partial charge in [0.25, 0.3) is 0 Å². The summed E-state index contributed by atoms with van der Waals surface area (Å²) in [5.41, 5.74) is 2.06. The first-order valence-corrected chi connectivity index (χ1v) is 9.42. The second-order valence-electron chi connectivity index (χ2n) is 6.48. The first-order valence-electron chi connectivity index (χ1n) is 8.54. The second-order valence-corrected chi connectivity index (χ2v) is 7.43. The van der Waals surface area contributed by atoms with E-state index in [-0.39, 0.29) is 0 Å². The molecule has 0 unspecified atom stereocenters. The molecule has 4 rings (SSSR count). The maximum Gasteiger partial charge on any atom is 0.236 e. The number of rotatable bonds is 5. The lowest BCUT2D eigenvalue weighted by Gasteiger charge is -2.33. The molecule has 4 heterocycles. The minimum Gasteiger partial charge on any atom is -0.440 e. The van der Waals surface area contributed by atoms with Crippen molar-refractivity contribution in [3.05, 3.63) is 46.5 Å². The summed E-state index contributed by atoms with van der Waals surface area (Å²) < 4.78 is 11.0. The highest BCUT2D eigenvalue weighted by atomic mass is 32.1. The molecular formula is C18H22N4O2S. The van der Waals surface area contributed by atoms with Crippen LogP contribution in [0.25, 0.3) is 10.8 Å². The summed E-state index contributed by atoms with van der Waals surface area (Å²) in [7, 11) is 0. The van der Waals surface area contributed by atoms with E-state index in [1.807, 2.05) is 37.4 Å². The molecule has 25 heavy (non-hydrogen) atoms. The van der Waals surface area contributed by atoms with E-state index in [1.165, 1.54) is 0 Å². The van der Waals surface area contributed by atoms with Crippen molar-refractivity contribution in [3.8, 4) is 10.8 Å². The number of aryl methyl sites for hydroxylation is 2. The summed E-state index contributed by atoms with van der Waals surface area (Å²) in [6.45, 7) is 9.74. The summed E-state index contributed by atoms with van der Waals surface area (Å²) >= 11 is 1.66. The van der Waals surface area contributed by atoms with Crippen LogP contribution in [-0.4, -0.2) is 46.1 Å². The summed E-state index contributed by atoms with van der Waals surface area (Å²) in [6, 6.07) is 6.08. The zero-order valence-corrected chi connectivity index (χ0v) is 15.4. The van der Waals surface area contributed by atoms with E-state index in [9.17, 15) is 0 Å². The van der Waals surface area contributed by atoms with Crippen LogP contribution in [0.5, 0.6) is 0 Å². The lowest BCUT2D eigenvalue weighted by Crippen LogP contribution is -2.45. The maximum absolute atomic E-state index is 5.85. The smallest absolute Gasteiger partial charge is 0.236 e. The zero-order chi connectivity index (χ0) is 17.2. The lowest BCUT2D eigenvalue weighted by molar-refractivity contribution is 0.118. The lowest BCUT2D eigenvalue weighted by atomic mass is 10.2. The highest BCUT2D eigenvalue weighted by molar-refractivity contribution is 7.13. The highest BCUT2D eigenvalue weighted by Gasteiger charge is 2.21. The van der Waals surface area contributed by atoms with Gasteiger partial charge in [0.15, 0.2) is 0 Å². The van der Waals surface area contributed by atoms with Crippen molar-refractivity contribution < 1.29 is 8.94 Å². The summed E-state index contributed by atoms with van der Waals surface area (Å²) in [6.07, 6.45) is 0. The van der Waals surface area contributed by atoms with Crippen LogP contribution in [0.3, 0.4) is 0 Å². The number of piperazine rings is 1. The third kappa shape index (κ3) is 3.84. The standard InChI is InChI=1S/C18H22N4O2S/c1-13-10-15(20-24-13)11-21-5-7-22(8-6-21)12-16-14(2)23-18(19-16)17-4-3-9-25-17/h3-4,9-10H,5-8,11-12H2,1-2H3. The summed E-state index contributed by atoms with van der Waals surface area (Å²) in [5.74, 6) is 2.53. The third-order valence-electron chi connectivity index (χ3n) is 4.53. The number of hydrogen-bond donors (Lipinski definition) is 0. The molecule has 1 saturated heterocycles. The first kappa shape index (κ1) is 16.5. The van der Waals surface area contributed by atoms with Gasteiger partial charge in [-0.2, -0.15) is 0 Å². The predicted octanol–water partition coefficient (Wildman–Crippen LogP) is 3.33. The Bertz CT molecular complexity index is 816. The summed E-state index contributed by atoms with van der Waals surface area (Å²) in [4.78, 5) is 10.6. The van der Waals surface area contributed by atoms with E-state index in [2.05, 4.69) is 15.0 Å². The number of nitrogens with zero attached hydrogens (tertiary/aromatic N) is 4. The SMILES string of the molecule is Cc1cc(CN2CCN(Cc3nc(-c4cccs4)oc3C)CC2)no1. The molecule has 0 amide bonds. The van der Waals surface area contributed by atoms with Gasteiger partial charge >= 0.3 is 0 Å². The van der Waals surface area contributed by atoms with Gasteiger partial charge in [-0.15, -0.1) is 11.3 Å². The fourth-order valence-corrected chi connectivity index (χ4v) is 3.77. The highest BCUT2D eigenvalue weighted by Crippen LogP contribution is 2.26. The molecular weight excluding hydrogens is 336 g/mol. The molecule has 132 valence electrons. The van der Waals surface area contributed by atoms with Crippen LogP contribution in [0.4, 0.5) is 0 Å². The van der Waals surface area contributed by atoms with Crippen molar-refractivity contribution in [2.24, 2.45) is 0 Å². The number of aromatic nitrogens is 2. The Morgan fingerprint density at radius 1 is 1.12 bits per heavy atom. The van der Waals surface area contributed by atoms with E-state index in [1.54, 1.807) is 11.3 Å². The number of hydrogen-bond acceptors (Lipinski definition) is 7. The van der Waals surface area contributed by atoms with Crippen LogP contribution in [0.15, 0.2) is 32.5 Å². The Labute approximate surface area is 151 Å². The largest absolute Gasteiger partial charge is 0.440 e. The normalized spacial score (nSPS) is 16.6. The van der Waals surface area contributed by atoms with E-state index in [0.29, 0.717) is 0 Å². The van der Waals surface area contributed by atoms with Crippen LogP contribution in [-0.2, 0) is 13.1 Å². The molecule has 0 atom stereocenters. The van der Waals surface area contributed by atoms with Gasteiger partial charge in [-0.1, -0.05) is 11.2 Å². The van der Waals surface area contributed by atoms with Crippen molar-refractivity contribution in [1.82, 2.24) is 19.9 Å². The molecule has 1 aliphatic heterocycles. The molecule has 7 heteroatoms. The minimum absolute atomic E-state index is 0.738. The zero-order valence-electron chi connectivity index (χ0n) is 14.6. The van der Waals surface area contributed by atoms with E-state index >= 15 is 0 Å². The van der Waals surface area contributed by atoms with Crippen molar-refractivity contribution in [1.29, 1.82) is 0 Å². The van der Waals surface area contributed by atoms with Crippen LogP contribution >= 0.6 is 11.3 Å². The van der Waals surface area contributed by atoms with Gasteiger partial charge in [-0.05, 0) is 25.3 Å². The molecule has 0 N–H and O–H groups in total. The monoisotopic (exact) mass is 358 g/mol. The van der Waals surface area contributed by atoms with Crippen molar-refractivity contribution in [2.45, 2.75) is 26.9 Å². The molecule has 3 aromatic rings. The van der Waals surface area contributed by atoms with Crippen molar-refractivity contribution in [2.75, 3.05) is 26.2 Å². The van der Waals surface area contributed by atoms with E-state index in [0.717, 1.165) is 72.9 Å². The van der Waals surface area contributed by atoms with Gasteiger partial charge in [-0.3, -0.25) is 9.80 Å². The molecule has 0 aliphatic carbocycles. The topological polar surface area (TPSA) is 58.5 Å². The van der Waals surface area contributed by atoms with Crippen LogP contribution in [0, 0.1) is 13.8 Å². The average Bonchev–Trinajstić information content (AvgIpc) is 3.32. The van der Waals surface area contributed by atoms with Gasteiger partial charge in [0.05, 0.1) is 16.3 Å². The summed E-state index contributed by atoms with van der Waals surface area (Å²) in [5, 5.41) is 6.13. The molecule has 0 spiro atoms. The molecule has 0 saturated carbocycles.